The number of aromatic nitrogens is 2. The topological polar surface area (TPSA) is 54.9 Å². The Morgan fingerprint density at radius 2 is 1.69 bits per heavy atom. The van der Waals surface area contributed by atoms with Crippen LogP contribution in [0.1, 0.15) is 21.6 Å². The van der Waals surface area contributed by atoms with Crippen molar-refractivity contribution >= 4 is 35.1 Å². The number of para-hydroxylation sites is 1. The normalized spacial score (nSPS) is 10.7. The summed E-state index contributed by atoms with van der Waals surface area (Å²) >= 11 is 2.85. The number of thioether (sulfide) groups is 1. The Balaban J connectivity index is 1.60. The van der Waals surface area contributed by atoms with Gasteiger partial charge in [0.25, 0.3) is 5.91 Å². The number of carbonyl (C=O) groups is 1. The molecule has 32 heavy (non-hydrogen) atoms. The van der Waals surface area contributed by atoms with Crippen molar-refractivity contribution in [2.24, 2.45) is 0 Å². The Bertz CT molecular complexity index is 1220. The fourth-order valence-corrected chi connectivity index (χ4v) is 4.56. The van der Waals surface area contributed by atoms with Crippen molar-refractivity contribution in [2.45, 2.75) is 27.6 Å². The zero-order chi connectivity index (χ0) is 22.3. The van der Waals surface area contributed by atoms with E-state index < -0.39 is 0 Å². The lowest BCUT2D eigenvalue weighted by Gasteiger charge is -2.12. The molecule has 0 fully saturated rings. The first-order valence-electron chi connectivity index (χ1n) is 9.92. The molecular formula is C25H20FN3OS2. The van der Waals surface area contributed by atoms with Crippen LogP contribution in [0.3, 0.4) is 0 Å². The van der Waals surface area contributed by atoms with Crippen molar-refractivity contribution in [3.63, 3.8) is 0 Å². The molecule has 4 nitrogen and oxygen atoms in total. The molecule has 0 aliphatic carbocycles. The van der Waals surface area contributed by atoms with Gasteiger partial charge in [-0.2, -0.15) is 0 Å². The second kappa shape index (κ2) is 10.4. The van der Waals surface area contributed by atoms with Gasteiger partial charge in [-0.25, -0.2) is 14.4 Å². The highest BCUT2D eigenvalue weighted by Crippen LogP contribution is 2.31. The van der Waals surface area contributed by atoms with Crippen LogP contribution >= 0.6 is 23.5 Å². The largest absolute Gasteiger partial charge is 0.320 e. The van der Waals surface area contributed by atoms with Gasteiger partial charge in [-0.05, 0) is 48.4 Å². The lowest BCUT2D eigenvalue weighted by atomic mass is 10.2. The average Bonchev–Trinajstić information content (AvgIpc) is 2.81. The maximum atomic E-state index is 13.2. The summed E-state index contributed by atoms with van der Waals surface area (Å²) in [6.07, 6.45) is 1.68. The van der Waals surface area contributed by atoms with Crippen molar-refractivity contribution in [3.05, 3.63) is 108 Å². The molecule has 0 atom stereocenters. The van der Waals surface area contributed by atoms with Crippen molar-refractivity contribution in [2.75, 3.05) is 5.32 Å². The molecule has 160 valence electrons. The van der Waals surface area contributed by atoms with Crippen molar-refractivity contribution < 1.29 is 9.18 Å². The van der Waals surface area contributed by atoms with Crippen LogP contribution in [0.5, 0.6) is 0 Å². The summed E-state index contributed by atoms with van der Waals surface area (Å²) in [6, 6.07) is 23.7. The van der Waals surface area contributed by atoms with Gasteiger partial charge in [-0.15, -0.1) is 0 Å². The van der Waals surface area contributed by atoms with Gasteiger partial charge in [0.1, 0.15) is 11.5 Å². The minimum absolute atomic E-state index is 0.271. The third-order valence-corrected chi connectivity index (χ3v) is 6.55. The first-order chi connectivity index (χ1) is 15.6. The van der Waals surface area contributed by atoms with E-state index in [0.29, 0.717) is 21.5 Å². The van der Waals surface area contributed by atoms with Gasteiger partial charge in [0.15, 0.2) is 5.16 Å². The maximum Gasteiger partial charge on any atom is 0.275 e. The van der Waals surface area contributed by atoms with Gasteiger partial charge in [-0.1, -0.05) is 72.1 Å². The van der Waals surface area contributed by atoms with Crippen LogP contribution in [-0.4, -0.2) is 15.9 Å². The molecular weight excluding hydrogens is 441 g/mol. The van der Waals surface area contributed by atoms with E-state index in [1.54, 1.807) is 18.3 Å². The number of anilines is 1. The Labute approximate surface area is 194 Å². The molecule has 1 heterocycles. The number of nitrogens with one attached hydrogen (secondary N) is 1. The molecule has 0 unspecified atom stereocenters. The summed E-state index contributed by atoms with van der Waals surface area (Å²) in [6.45, 7) is 1.94. The molecule has 0 spiro atoms. The Morgan fingerprint density at radius 1 is 0.969 bits per heavy atom. The minimum Gasteiger partial charge on any atom is -0.320 e. The Kier molecular flexibility index (Phi) is 7.19. The van der Waals surface area contributed by atoms with E-state index in [2.05, 4.69) is 15.3 Å². The number of benzene rings is 3. The quantitative estimate of drug-likeness (QED) is 0.248. The standard InChI is InChI=1S/C25H20FN3OS2/c1-17-7-5-6-10-21(17)28-24(30)23-22(32-20-8-3-2-4-9-20)15-27-25(29-23)31-16-18-11-13-19(26)14-12-18/h2-15H,16H2,1H3,(H,28,30). The molecule has 0 radical (unpaired) electrons. The molecule has 0 aliphatic rings. The number of amides is 1. The van der Waals surface area contributed by atoms with Gasteiger partial charge in [0, 0.05) is 22.5 Å². The predicted octanol–water partition coefficient (Wildman–Crippen LogP) is 6.62. The molecule has 1 N–H and O–H groups in total. The number of rotatable bonds is 7. The molecule has 1 aromatic heterocycles. The van der Waals surface area contributed by atoms with Gasteiger partial charge in [0.2, 0.25) is 0 Å². The second-order valence-corrected chi connectivity index (χ2v) is 9.02. The van der Waals surface area contributed by atoms with Crippen LogP contribution in [0.25, 0.3) is 0 Å². The zero-order valence-electron chi connectivity index (χ0n) is 17.3. The van der Waals surface area contributed by atoms with Gasteiger partial charge < -0.3 is 5.32 Å². The van der Waals surface area contributed by atoms with E-state index in [0.717, 1.165) is 21.7 Å². The number of nitrogens with zero attached hydrogens (tertiary/aromatic N) is 2. The fraction of sp³-hybridized carbons (Fsp3) is 0.0800. The SMILES string of the molecule is Cc1ccccc1NC(=O)c1nc(SCc2ccc(F)cc2)ncc1Sc1ccccc1. The van der Waals surface area contributed by atoms with E-state index >= 15 is 0 Å². The van der Waals surface area contributed by atoms with Gasteiger partial charge in [0.05, 0.1) is 4.90 Å². The van der Waals surface area contributed by atoms with E-state index in [4.69, 9.17) is 0 Å². The van der Waals surface area contributed by atoms with Crippen molar-refractivity contribution in [3.8, 4) is 0 Å². The summed E-state index contributed by atoms with van der Waals surface area (Å²) in [5.74, 6) is 0.0147. The van der Waals surface area contributed by atoms with Crippen LogP contribution in [0.4, 0.5) is 10.1 Å². The molecule has 1 amide bonds. The van der Waals surface area contributed by atoms with E-state index in [1.165, 1.54) is 35.7 Å². The monoisotopic (exact) mass is 461 g/mol. The van der Waals surface area contributed by atoms with Crippen LogP contribution < -0.4 is 5.32 Å². The van der Waals surface area contributed by atoms with E-state index in [-0.39, 0.29) is 11.7 Å². The summed E-state index contributed by atoms with van der Waals surface area (Å²) in [5.41, 5.74) is 2.98. The summed E-state index contributed by atoms with van der Waals surface area (Å²) in [5, 5.41) is 3.45. The Morgan fingerprint density at radius 3 is 2.44 bits per heavy atom. The molecule has 4 rings (SSSR count). The lowest BCUT2D eigenvalue weighted by molar-refractivity contribution is 0.101. The highest BCUT2D eigenvalue weighted by atomic mass is 32.2. The smallest absolute Gasteiger partial charge is 0.275 e. The summed E-state index contributed by atoms with van der Waals surface area (Å²) in [4.78, 5) is 23.9. The number of carbonyl (C=O) groups excluding carboxylic acids is 1. The maximum absolute atomic E-state index is 13.2. The molecule has 3 aromatic carbocycles. The summed E-state index contributed by atoms with van der Waals surface area (Å²) in [7, 11) is 0. The molecule has 0 aliphatic heterocycles. The first kappa shape index (κ1) is 22.0. The molecule has 0 saturated heterocycles. The molecule has 4 aromatic rings. The van der Waals surface area contributed by atoms with E-state index in [9.17, 15) is 9.18 Å². The highest BCUT2D eigenvalue weighted by Gasteiger charge is 2.18. The summed E-state index contributed by atoms with van der Waals surface area (Å²) < 4.78 is 13.1. The number of hydrogen-bond donors (Lipinski definition) is 1. The number of aryl methyl sites for hydroxylation is 1. The predicted molar refractivity (Wildman–Crippen MR) is 128 cm³/mol. The van der Waals surface area contributed by atoms with Crippen LogP contribution in [-0.2, 0) is 5.75 Å². The second-order valence-electron chi connectivity index (χ2n) is 6.96. The lowest BCUT2D eigenvalue weighted by Crippen LogP contribution is -2.16. The molecule has 7 heteroatoms. The van der Waals surface area contributed by atoms with Crippen LogP contribution in [0, 0.1) is 12.7 Å². The van der Waals surface area contributed by atoms with Gasteiger partial charge in [-0.3, -0.25) is 4.79 Å². The average molecular weight is 462 g/mol. The molecule has 0 bridgehead atoms. The highest BCUT2D eigenvalue weighted by molar-refractivity contribution is 7.99. The van der Waals surface area contributed by atoms with E-state index in [1.807, 2.05) is 61.5 Å². The fourth-order valence-electron chi connectivity index (χ4n) is 2.90. The van der Waals surface area contributed by atoms with Crippen LogP contribution in [0.15, 0.2) is 100 Å². The Hall–Kier alpha value is -3.16. The number of halogens is 1. The van der Waals surface area contributed by atoms with Crippen molar-refractivity contribution in [1.29, 1.82) is 0 Å². The minimum atomic E-state index is -0.288. The number of hydrogen-bond acceptors (Lipinski definition) is 5. The zero-order valence-corrected chi connectivity index (χ0v) is 18.9. The third kappa shape index (κ3) is 5.75. The molecule has 0 saturated carbocycles. The third-order valence-electron chi connectivity index (χ3n) is 4.59. The van der Waals surface area contributed by atoms with Crippen LogP contribution in [0.2, 0.25) is 0 Å². The first-order valence-corrected chi connectivity index (χ1v) is 11.7. The van der Waals surface area contributed by atoms with Crippen molar-refractivity contribution in [1.82, 2.24) is 9.97 Å². The van der Waals surface area contributed by atoms with Gasteiger partial charge >= 0.3 is 0 Å².